The molecule has 1 aliphatic rings. The van der Waals surface area contributed by atoms with E-state index in [2.05, 4.69) is 17.3 Å². The van der Waals surface area contributed by atoms with Gasteiger partial charge in [0.2, 0.25) is 10.0 Å². The Morgan fingerprint density at radius 2 is 2.05 bits per heavy atom. The zero-order valence-electron chi connectivity index (χ0n) is 12.3. The number of nitrogens with zero attached hydrogens (tertiary/aromatic N) is 2. The zero-order chi connectivity index (χ0) is 14.6. The lowest BCUT2D eigenvalue weighted by molar-refractivity contribution is 0.318. The summed E-state index contributed by atoms with van der Waals surface area (Å²) in [5, 5.41) is 3.24. The van der Waals surface area contributed by atoms with Gasteiger partial charge in [0.05, 0.1) is 10.8 Å². The Morgan fingerprint density at radius 3 is 2.60 bits per heavy atom. The second kappa shape index (κ2) is 7.00. The first-order valence-electron chi connectivity index (χ1n) is 7.43. The Morgan fingerprint density at radius 1 is 1.35 bits per heavy atom. The van der Waals surface area contributed by atoms with Crippen LogP contribution in [0.25, 0.3) is 0 Å². The van der Waals surface area contributed by atoms with Crippen molar-refractivity contribution in [1.29, 1.82) is 0 Å². The van der Waals surface area contributed by atoms with E-state index in [4.69, 9.17) is 0 Å². The molecule has 0 spiro atoms. The van der Waals surface area contributed by atoms with E-state index < -0.39 is 10.0 Å². The predicted molar refractivity (Wildman–Crippen MR) is 83.7 cm³/mol. The van der Waals surface area contributed by atoms with Crippen LogP contribution in [0.3, 0.4) is 0 Å². The Hall–Kier alpha value is -0.460. The Kier molecular flexibility index (Phi) is 5.57. The number of unbranched alkanes of at least 4 members (excludes halogenated alkanes) is 2. The fourth-order valence-corrected chi connectivity index (χ4v) is 5.17. The Balaban J connectivity index is 1.87. The van der Waals surface area contributed by atoms with Crippen molar-refractivity contribution in [3.8, 4) is 0 Å². The van der Waals surface area contributed by atoms with E-state index in [1.807, 2.05) is 6.92 Å². The summed E-state index contributed by atoms with van der Waals surface area (Å²) in [6.45, 7) is 5.40. The molecule has 0 saturated carbocycles. The molecule has 1 aromatic heterocycles. The number of aryl methyl sites for hydroxylation is 1. The van der Waals surface area contributed by atoms with E-state index in [1.54, 1.807) is 15.6 Å². The van der Waals surface area contributed by atoms with E-state index in [0.29, 0.717) is 24.8 Å². The molecule has 0 bridgehead atoms. The maximum absolute atomic E-state index is 12.2. The fraction of sp³-hybridized carbons (Fsp3) is 0.786. The van der Waals surface area contributed by atoms with Crippen molar-refractivity contribution in [2.75, 3.05) is 18.8 Å². The molecule has 0 unspecified atom stereocenters. The van der Waals surface area contributed by atoms with Crippen LogP contribution < -0.4 is 0 Å². The first kappa shape index (κ1) is 15.9. The van der Waals surface area contributed by atoms with Gasteiger partial charge in [0.15, 0.2) is 0 Å². The van der Waals surface area contributed by atoms with Crippen molar-refractivity contribution in [3.05, 3.63) is 16.1 Å². The minimum Gasteiger partial charge on any atom is -0.246 e. The summed E-state index contributed by atoms with van der Waals surface area (Å²) in [7, 11) is -3.04. The Labute approximate surface area is 126 Å². The van der Waals surface area contributed by atoms with Crippen LogP contribution in [0, 0.1) is 6.92 Å². The number of sulfonamides is 1. The van der Waals surface area contributed by atoms with Crippen molar-refractivity contribution >= 4 is 21.4 Å². The summed E-state index contributed by atoms with van der Waals surface area (Å²) in [6.07, 6.45) is 4.64. The highest BCUT2D eigenvalue weighted by atomic mass is 32.2. The number of piperidine rings is 1. The van der Waals surface area contributed by atoms with Crippen LogP contribution >= 0.6 is 11.3 Å². The van der Waals surface area contributed by atoms with Gasteiger partial charge in [-0.1, -0.05) is 19.8 Å². The largest absolute Gasteiger partial charge is 0.246 e. The van der Waals surface area contributed by atoms with Crippen LogP contribution in [0.4, 0.5) is 0 Å². The predicted octanol–water partition coefficient (Wildman–Crippen LogP) is 3.15. The highest BCUT2D eigenvalue weighted by molar-refractivity contribution is 7.89. The van der Waals surface area contributed by atoms with E-state index in [9.17, 15) is 8.42 Å². The smallest absolute Gasteiger partial charge is 0.214 e. The summed E-state index contributed by atoms with van der Waals surface area (Å²) in [6, 6.07) is 0. The second-order valence-corrected chi connectivity index (χ2v) is 8.50. The SMILES string of the molecule is CCCCCS(=O)(=O)N1CCC(c2nc(C)cs2)CC1. The standard InChI is InChI=1S/C14H24N2O2S2/c1-3-4-5-10-20(17,18)16-8-6-13(7-9-16)14-15-12(2)11-19-14/h11,13H,3-10H2,1-2H3. The summed E-state index contributed by atoms with van der Waals surface area (Å²) >= 11 is 1.70. The summed E-state index contributed by atoms with van der Waals surface area (Å²) < 4.78 is 26.1. The third-order valence-electron chi connectivity index (χ3n) is 3.84. The third-order valence-corrected chi connectivity index (χ3v) is 6.92. The number of rotatable bonds is 6. The molecule has 0 aliphatic carbocycles. The second-order valence-electron chi connectivity index (χ2n) is 5.52. The maximum atomic E-state index is 12.2. The van der Waals surface area contributed by atoms with Gasteiger partial charge in [0, 0.05) is 30.1 Å². The average molecular weight is 316 g/mol. The van der Waals surface area contributed by atoms with Crippen molar-refractivity contribution in [1.82, 2.24) is 9.29 Å². The number of hydrogen-bond donors (Lipinski definition) is 0. The molecule has 6 heteroatoms. The molecule has 2 heterocycles. The first-order valence-corrected chi connectivity index (χ1v) is 9.91. The molecule has 0 atom stereocenters. The maximum Gasteiger partial charge on any atom is 0.214 e. The van der Waals surface area contributed by atoms with Crippen LogP contribution in [0.1, 0.15) is 55.6 Å². The summed E-state index contributed by atoms with van der Waals surface area (Å²) in [5.41, 5.74) is 1.07. The van der Waals surface area contributed by atoms with Crippen molar-refractivity contribution in [2.24, 2.45) is 0 Å². The van der Waals surface area contributed by atoms with Gasteiger partial charge in [-0.05, 0) is 26.2 Å². The number of thiazole rings is 1. The van der Waals surface area contributed by atoms with Crippen LogP contribution in [-0.4, -0.2) is 36.5 Å². The van der Waals surface area contributed by atoms with Gasteiger partial charge in [-0.25, -0.2) is 17.7 Å². The highest BCUT2D eigenvalue weighted by Crippen LogP contribution is 2.31. The Bertz CT molecular complexity index is 517. The molecule has 1 saturated heterocycles. The molecular weight excluding hydrogens is 292 g/mol. The lowest BCUT2D eigenvalue weighted by atomic mass is 9.99. The van der Waals surface area contributed by atoms with E-state index in [-0.39, 0.29) is 0 Å². The van der Waals surface area contributed by atoms with E-state index >= 15 is 0 Å². The molecule has 4 nitrogen and oxygen atoms in total. The quantitative estimate of drug-likeness (QED) is 0.758. The zero-order valence-corrected chi connectivity index (χ0v) is 14.0. The van der Waals surface area contributed by atoms with E-state index in [0.717, 1.165) is 37.8 Å². The van der Waals surface area contributed by atoms with Crippen molar-refractivity contribution < 1.29 is 8.42 Å². The fourth-order valence-electron chi connectivity index (χ4n) is 2.60. The van der Waals surface area contributed by atoms with Gasteiger partial charge in [-0.2, -0.15) is 0 Å². The van der Waals surface area contributed by atoms with Crippen LogP contribution in [0.5, 0.6) is 0 Å². The van der Waals surface area contributed by atoms with Gasteiger partial charge in [-0.15, -0.1) is 11.3 Å². The van der Waals surface area contributed by atoms with Crippen LogP contribution in [0.15, 0.2) is 5.38 Å². The molecule has 0 amide bonds. The molecule has 1 aliphatic heterocycles. The van der Waals surface area contributed by atoms with Crippen molar-refractivity contribution in [2.45, 2.75) is 51.9 Å². The minimum absolute atomic E-state index is 0.307. The van der Waals surface area contributed by atoms with E-state index in [1.165, 1.54) is 5.01 Å². The molecule has 0 radical (unpaired) electrons. The van der Waals surface area contributed by atoms with Gasteiger partial charge in [0.1, 0.15) is 0 Å². The van der Waals surface area contributed by atoms with Crippen LogP contribution in [-0.2, 0) is 10.0 Å². The molecule has 0 aromatic carbocycles. The number of aromatic nitrogens is 1. The van der Waals surface area contributed by atoms with Gasteiger partial charge in [0.25, 0.3) is 0 Å². The molecule has 20 heavy (non-hydrogen) atoms. The minimum atomic E-state index is -3.04. The first-order chi connectivity index (χ1) is 9.53. The van der Waals surface area contributed by atoms with Gasteiger partial charge < -0.3 is 0 Å². The molecule has 1 aromatic rings. The van der Waals surface area contributed by atoms with Gasteiger partial charge >= 0.3 is 0 Å². The van der Waals surface area contributed by atoms with Gasteiger partial charge in [-0.3, -0.25) is 0 Å². The summed E-state index contributed by atoms with van der Waals surface area (Å²) in [4.78, 5) is 4.53. The highest BCUT2D eigenvalue weighted by Gasteiger charge is 2.29. The summed E-state index contributed by atoms with van der Waals surface area (Å²) in [5.74, 6) is 0.748. The lowest BCUT2D eigenvalue weighted by Crippen LogP contribution is -2.39. The molecule has 114 valence electrons. The number of hydrogen-bond acceptors (Lipinski definition) is 4. The lowest BCUT2D eigenvalue weighted by Gasteiger charge is -2.30. The third kappa shape index (κ3) is 4.02. The molecular formula is C14H24N2O2S2. The normalized spacial score (nSPS) is 18.5. The molecule has 1 fully saturated rings. The average Bonchev–Trinajstić information content (AvgIpc) is 2.86. The molecule has 2 rings (SSSR count). The monoisotopic (exact) mass is 316 g/mol. The van der Waals surface area contributed by atoms with Crippen LogP contribution in [0.2, 0.25) is 0 Å². The topological polar surface area (TPSA) is 50.3 Å². The van der Waals surface area contributed by atoms with Crippen molar-refractivity contribution in [3.63, 3.8) is 0 Å². The molecule has 0 N–H and O–H groups in total.